The van der Waals surface area contributed by atoms with E-state index in [-0.39, 0.29) is 38.4 Å². The summed E-state index contributed by atoms with van der Waals surface area (Å²) in [4.78, 5) is 32.9. The molecule has 0 bridgehead atoms. The van der Waals surface area contributed by atoms with E-state index >= 15 is 0 Å². The number of carbonyl (C=O) groups excluding carboxylic acids is 2. The molecule has 0 spiro atoms. The van der Waals surface area contributed by atoms with Gasteiger partial charge in [-0.05, 0) is 92.4 Å². The van der Waals surface area contributed by atoms with E-state index in [4.69, 9.17) is 24.3 Å². The van der Waals surface area contributed by atoms with Crippen LogP contribution in [-0.4, -0.2) is 58.8 Å². The number of ketones is 1. The van der Waals surface area contributed by atoms with Gasteiger partial charge in [0.1, 0.15) is 24.6 Å². The lowest BCUT2D eigenvalue weighted by Crippen LogP contribution is -2.58. The summed E-state index contributed by atoms with van der Waals surface area (Å²) in [6.45, 7) is 4.10. The summed E-state index contributed by atoms with van der Waals surface area (Å²) in [7, 11) is 1.46. The smallest absolute Gasteiger partial charge is 0.410 e. The molecule has 9 nitrogen and oxygen atoms in total. The third-order valence-electron chi connectivity index (χ3n) is 8.66. The zero-order valence-corrected chi connectivity index (χ0v) is 26.7. The first-order chi connectivity index (χ1) is 22.5. The molecule has 1 aliphatic heterocycles. The number of hydrogen-bond acceptors (Lipinski definition) is 8. The number of aliphatic hydroxyl groups excluding tert-OH is 1. The highest BCUT2D eigenvalue weighted by molar-refractivity contribution is 5.96. The second-order valence-corrected chi connectivity index (χ2v) is 12.0. The molecule has 2 unspecified atom stereocenters. The predicted octanol–water partition coefficient (Wildman–Crippen LogP) is 6.40. The van der Waals surface area contributed by atoms with Crippen molar-refractivity contribution in [3.63, 3.8) is 0 Å². The van der Waals surface area contributed by atoms with Gasteiger partial charge in [0.05, 0.1) is 30.6 Å². The number of rotatable bonds is 13. The van der Waals surface area contributed by atoms with Gasteiger partial charge in [0, 0.05) is 24.1 Å². The van der Waals surface area contributed by atoms with Crippen LogP contribution in [-0.2, 0) is 22.5 Å². The monoisotopic (exact) mass is 642 g/mol. The highest BCUT2D eigenvalue weighted by Gasteiger charge is 2.46. The number of benzene rings is 3. The minimum atomic E-state index is -1.53. The van der Waals surface area contributed by atoms with Gasteiger partial charge >= 0.3 is 6.09 Å². The Labute approximate surface area is 273 Å². The lowest BCUT2D eigenvalue weighted by atomic mass is 9.78. The first-order valence-electron chi connectivity index (χ1n) is 15.5. The minimum Gasteiger partial charge on any atom is -0.493 e. The van der Waals surface area contributed by atoms with Gasteiger partial charge in [-0.25, -0.2) is 14.2 Å². The van der Waals surface area contributed by atoms with Crippen molar-refractivity contribution in [1.82, 2.24) is 9.88 Å². The number of methoxy groups -OCH3 is 1. The van der Waals surface area contributed by atoms with Crippen LogP contribution < -0.4 is 9.47 Å². The standard InChI is InChI=1S/C37H39FN2O7/c1-36(17-18-40(36)35(43)47-24-25-7-5-4-6-8-25)28-22-30(26-9-12-29(38)13-10-26)39-34(23-28)37(2,44)16-15-31(42)27-11-14-32(46-20-19-41)33(21-27)45-3/h4-14,21-23,41,44H,15-20,24H2,1-3H3. The van der Waals surface area contributed by atoms with E-state index < -0.39 is 23.1 Å². The van der Waals surface area contributed by atoms with Crippen molar-refractivity contribution >= 4 is 11.9 Å². The first kappa shape index (κ1) is 33.6. The molecule has 1 aliphatic rings. The molecule has 0 aliphatic carbocycles. The molecule has 4 aromatic rings. The van der Waals surface area contributed by atoms with Gasteiger partial charge in [0.25, 0.3) is 0 Å². The molecule has 2 N–H and O–H groups in total. The van der Waals surface area contributed by atoms with Crippen LogP contribution >= 0.6 is 0 Å². The Morgan fingerprint density at radius 1 is 1.02 bits per heavy atom. The largest absolute Gasteiger partial charge is 0.493 e. The van der Waals surface area contributed by atoms with Gasteiger partial charge in [-0.2, -0.15) is 0 Å². The number of aliphatic hydroxyl groups is 2. The number of halogens is 1. The number of amides is 1. The Balaban J connectivity index is 1.40. The van der Waals surface area contributed by atoms with Gasteiger partial charge in [-0.15, -0.1) is 0 Å². The molecule has 0 radical (unpaired) electrons. The second-order valence-electron chi connectivity index (χ2n) is 12.0. The summed E-state index contributed by atoms with van der Waals surface area (Å²) in [5, 5.41) is 20.8. The Morgan fingerprint density at radius 3 is 2.43 bits per heavy atom. The highest BCUT2D eigenvalue weighted by atomic mass is 19.1. The molecule has 2 atom stereocenters. The fraction of sp³-hybridized carbons (Fsp3) is 0.324. The molecule has 5 rings (SSSR count). The topological polar surface area (TPSA) is 118 Å². The van der Waals surface area contributed by atoms with Crippen LogP contribution in [0.3, 0.4) is 0 Å². The number of likely N-dealkylation sites (tertiary alicyclic amines) is 1. The summed E-state index contributed by atoms with van der Waals surface area (Å²) in [5.41, 5.74) is 1.17. The molecule has 3 aromatic carbocycles. The van der Waals surface area contributed by atoms with Gasteiger partial charge in [0.15, 0.2) is 17.3 Å². The first-order valence-corrected chi connectivity index (χ1v) is 15.5. The summed E-state index contributed by atoms with van der Waals surface area (Å²) >= 11 is 0. The summed E-state index contributed by atoms with van der Waals surface area (Å²) in [5.74, 6) is 0.154. The third kappa shape index (κ3) is 7.61. The van der Waals surface area contributed by atoms with Crippen LogP contribution in [0.2, 0.25) is 0 Å². The van der Waals surface area contributed by atoms with Gasteiger partial charge in [-0.1, -0.05) is 30.3 Å². The van der Waals surface area contributed by atoms with E-state index in [1.165, 1.54) is 19.2 Å². The number of pyridine rings is 1. The molecule has 47 heavy (non-hydrogen) atoms. The molecule has 1 fully saturated rings. The number of aromatic nitrogens is 1. The molecule has 1 amide bonds. The van der Waals surface area contributed by atoms with Crippen molar-refractivity contribution in [3.05, 3.63) is 113 Å². The summed E-state index contributed by atoms with van der Waals surface area (Å²) < 4.78 is 30.3. The Kier molecular flexibility index (Phi) is 10.2. The lowest BCUT2D eigenvalue weighted by Gasteiger charge is -2.50. The Morgan fingerprint density at radius 2 is 1.77 bits per heavy atom. The number of Topliss-reactive ketones (excluding diaryl/α,β-unsaturated/α-hetero) is 1. The molecule has 0 saturated carbocycles. The molecule has 2 heterocycles. The maximum Gasteiger partial charge on any atom is 0.410 e. The van der Waals surface area contributed by atoms with Crippen molar-refractivity contribution < 1.29 is 38.4 Å². The molecular formula is C37H39FN2O7. The lowest BCUT2D eigenvalue weighted by molar-refractivity contribution is -0.0103. The fourth-order valence-electron chi connectivity index (χ4n) is 5.58. The minimum absolute atomic E-state index is 0.00000790. The van der Waals surface area contributed by atoms with Crippen molar-refractivity contribution in [2.45, 2.75) is 50.9 Å². The van der Waals surface area contributed by atoms with E-state index in [9.17, 15) is 19.1 Å². The Bertz CT molecular complexity index is 1710. The van der Waals surface area contributed by atoms with E-state index in [1.807, 2.05) is 43.3 Å². The van der Waals surface area contributed by atoms with Gasteiger partial charge < -0.3 is 24.4 Å². The highest BCUT2D eigenvalue weighted by Crippen LogP contribution is 2.43. The van der Waals surface area contributed by atoms with Crippen LogP contribution in [0, 0.1) is 5.82 Å². The average molecular weight is 643 g/mol. The number of hydrogen-bond donors (Lipinski definition) is 2. The molecule has 10 heteroatoms. The molecular weight excluding hydrogens is 603 g/mol. The van der Waals surface area contributed by atoms with Crippen molar-refractivity contribution in [1.29, 1.82) is 0 Å². The maximum atomic E-state index is 13.8. The quantitative estimate of drug-likeness (QED) is 0.161. The number of nitrogens with zero attached hydrogens (tertiary/aromatic N) is 2. The van der Waals surface area contributed by atoms with Gasteiger partial charge in [-0.3, -0.25) is 9.69 Å². The van der Waals surface area contributed by atoms with Crippen LogP contribution in [0.1, 0.15) is 60.3 Å². The van der Waals surface area contributed by atoms with E-state index in [0.29, 0.717) is 47.0 Å². The van der Waals surface area contributed by atoms with Crippen LogP contribution in [0.5, 0.6) is 11.5 Å². The van der Waals surface area contributed by atoms with Crippen LogP contribution in [0.15, 0.2) is 84.9 Å². The number of ether oxygens (including phenoxy) is 3. The van der Waals surface area contributed by atoms with Crippen LogP contribution in [0.4, 0.5) is 9.18 Å². The molecule has 246 valence electrons. The van der Waals surface area contributed by atoms with E-state index in [2.05, 4.69) is 0 Å². The summed E-state index contributed by atoms with van der Waals surface area (Å²) in [6.07, 6.45) is 0.251. The zero-order valence-electron chi connectivity index (χ0n) is 26.7. The fourth-order valence-corrected chi connectivity index (χ4v) is 5.58. The molecule has 1 aromatic heterocycles. The van der Waals surface area contributed by atoms with Gasteiger partial charge in [0.2, 0.25) is 0 Å². The second kappa shape index (κ2) is 14.3. The van der Waals surface area contributed by atoms with E-state index in [0.717, 1.165) is 11.1 Å². The SMILES string of the molecule is COc1cc(C(=O)CCC(C)(O)c2cc(C3(C)CCN3C(=O)OCc3ccccc3)cc(-c3ccc(F)cc3)n2)ccc1OCCO. The average Bonchev–Trinajstić information content (AvgIpc) is 3.08. The van der Waals surface area contributed by atoms with Crippen molar-refractivity contribution in [2.24, 2.45) is 0 Å². The summed E-state index contributed by atoms with van der Waals surface area (Å²) in [6, 6.07) is 23.7. The van der Waals surface area contributed by atoms with Crippen molar-refractivity contribution in [2.75, 3.05) is 26.9 Å². The zero-order chi connectivity index (χ0) is 33.6. The molecule has 1 saturated heterocycles. The maximum absolute atomic E-state index is 13.8. The Hall–Kier alpha value is -4.80. The normalized spacial score (nSPS) is 16.9. The van der Waals surface area contributed by atoms with E-state index in [1.54, 1.807) is 48.2 Å². The van der Waals surface area contributed by atoms with Crippen molar-refractivity contribution in [3.8, 4) is 22.8 Å². The number of carbonyl (C=O) groups is 2. The van der Waals surface area contributed by atoms with Crippen LogP contribution in [0.25, 0.3) is 11.3 Å². The predicted molar refractivity (Wildman–Crippen MR) is 174 cm³/mol. The third-order valence-corrected chi connectivity index (χ3v) is 8.66.